The fourth-order valence-corrected chi connectivity index (χ4v) is 3.11. The number of rotatable bonds is 6. The predicted octanol–water partition coefficient (Wildman–Crippen LogP) is 1.34. The first-order chi connectivity index (χ1) is 11.1. The number of hydrogen-bond acceptors (Lipinski definition) is 6. The molecule has 0 saturated heterocycles. The van der Waals surface area contributed by atoms with Crippen molar-refractivity contribution in [2.24, 2.45) is 0 Å². The van der Waals surface area contributed by atoms with Crippen molar-refractivity contribution in [1.29, 1.82) is 0 Å². The lowest BCUT2D eigenvalue weighted by Gasteiger charge is -2.13. The van der Waals surface area contributed by atoms with Gasteiger partial charge in [0.1, 0.15) is 4.90 Å². The van der Waals surface area contributed by atoms with Gasteiger partial charge in [-0.1, -0.05) is 18.2 Å². The molecule has 2 aromatic carbocycles. The molecule has 0 aliphatic carbocycles. The lowest BCUT2D eigenvalue weighted by Crippen LogP contribution is -2.11. The molecule has 0 amide bonds. The second-order valence-corrected chi connectivity index (χ2v) is 7.37. The maximum atomic E-state index is 11.4. The maximum absolute atomic E-state index is 11.4. The van der Waals surface area contributed by atoms with Gasteiger partial charge in [-0.3, -0.25) is 13.8 Å². The molecule has 9 nitrogen and oxygen atoms in total. The number of nitrogens with two attached hydrogens (primary N) is 1. The second-order valence-electron chi connectivity index (χ2n) is 4.82. The quantitative estimate of drug-likeness (QED) is 0.375. The normalized spacial score (nSPS) is 11.9. The molecule has 0 saturated carbocycles. The average Bonchev–Trinajstić information content (AvgIpc) is 2.44. The van der Waals surface area contributed by atoms with E-state index in [1.54, 1.807) is 12.1 Å². The molecule has 24 heavy (non-hydrogen) atoms. The molecule has 0 atom stereocenters. The number of para-hydroxylation sites is 1. The molecule has 2 rings (SSSR count). The molecular weight excluding hydrogens is 358 g/mol. The first kappa shape index (κ1) is 18.0. The van der Waals surface area contributed by atoms with Crippen LogP contribution in [0.1, 0.15) is 5.56 Å². The van der Waals surface area contributed by atoms with Gasteiger partial charge in [-0.2, -0.15) is 16.8 Å². The Morgan fingerprint density at radius 2 is 1.58 bits per heavy atom. The summed E-state index contributed by atoms with van der Waals surface area (Å²) >= 11 is 0. The zero-order valence-electron chi connectivity index (χ0n) is 12.2. The summed E-state index contributed by atoms with van der Waals surface area (Å²) in [5.41, 5.74) is 6.80. The lowest BCUT2D eigenvalue weighted by molar-refractivity contribution is 0.483. The number of nitrogen functional groups attached to an aromatic ring is 1. The van der Waals surface area contributed by atoms with Crippen LogP contribution in [0.25, 0.3) is 0 Å². The Morgan fingerprint density at radius 3 is 2.12 bits per heavy atom. The van der Waals surface area contributed by atoms with Gasteiger partial charge in [-0.15, -0.1) is 0 Å². The summed E-state index contributed by atoms with van der Waals surface area (Å²) in [5.74, 6) is 0. The topological polar surface area (TPSA) is 159 Å². The Balaban J connectivity index is 2.17. The van der Waals surface area contributed by atoms with Crippen molar-refractivity contribution in [1.82, 2.24) is 0 Å². The smallest absolute Gasteiger partial charge is 0.357 e. The van der Waals surface area contributed by atoms with Crippen molar-refractivity contribution in [3.63, 3.8) is 0 Å². The van der Waals surface area contributed by atoms with E-state index in [1.165, 1.54) is 30.3 Å². The molecule has 2 aromatic rings. The van der Waals surface area contributed by atoms with E-state index in [2.05, 4.69) is 5.32 Å². The van der Waals surface area contributed by atoms with Crippen LogP contribution in [0, 0.1) is 0 Å². The highest BCUT2D eigenvalue weighted by Gasteiger charge is 2.17. The molecular formula is C13H15N3O6S2. The Labute approximate surface area is 139 Å². The minimum absolute atomic E-state index is 0.0696. The van der Waals surface area contributed by atoms with E-state index in [0.717, 1.165) is 0 Å². The summed E-state index contributed by atoms with van der Waals surface area (Å²) in [5, 5.41) is 2.82. The van der Waals surface area contributed by atoms with Crippen LogP contribution in [-0.2, 0) is 27.0 Å². The molecule has 11 heteroatoms. The third-order valence-corrected chi connectivity index (χ3v) is 4.40. The van der Waals surface area contributed by atoms with Crippen LogP contribution in [0.2, 0.25) is 0 Å². The number of anilines is 3. The lowest BCUT2D eigenvalue weighted by atomic mass is 10.2. The maximum Gasteiger partial charge on any atom is 0.357 e. The SMILES string of the molecule is Nc1cccc(S(=O)(=O)O)c1NCc1ccc(NS(=O)(=O)O)cc1. The Kier molecular flexibility index (Phi) is 4.99. The van der Waals surface area contributed by atoms with Gasteiger partial charge in [0.15, 0.2) is 0 Å². The van der Waals surface area contributed by atoms with Gasteiger partial charge in [0.25, 0.3) is 10.1 Å². The minimum Gasteiger partial charge on any atom is -0.397 e. The summed E-state index contributed by atoms with van der Waals surface area (Å²) in [7, 11) is -8.78. The third-order valence-electron chi connectivity index (χ3n) is 3.01. The molecule has 0 aliphatic heterocycles. The molecule has 0 spiro atoms. The van der Waals surface area contributed by atoms with Crippen LogP contribution in [0.3, 0.4) is 0 Å². The minimum atomic E-state index is -4.43. The number of benzene rings is 2. The molecule has 0 aliphatic rings. The first-order valence-electron chi connectivity index (χ1n) is 6.50. The summed E-state index contributed by atoms with van der Waals surface area (Å²) in [6.45, 7) is 0.170. The van der Waals surface area contributed by atoms with Crippen molar-refractivity contribution < 1.29 is 25.9 Å². The van der Waals surface area contributed by atoms with Crippen LogP contribution in [-0.4, -0.2) is 25.9 Å². The third kappa shape index (κ3) is 4.83. The number of hydrogen-bond donors (Lipinski definition) is 5. The molecule has 130 valence electrons. The Hall–Kier alpha value is -2.34. The van der Waals surface area contributed by atoms with Crippen molar-refractivity contribution in [2.45, 2.75) is 11.4 Å². The Bertz CT molecular complexity index is 940. The van der Waals surface area contributed by atoms with Crippen LogP contribution >= 0.6 is 0 Å². The summed E-state index contributed by atoms with van der Waals surface area (Å²) in [6.07, 6.45) is 0. The fourth-order valence-electron chi connectivity index (χ4n) is 1.98. The second kappa shape index (κ2) is 6.65. The molecule has 0 aromatic heterocycles. The van der Waals surface area contributed by atoms with Gasteiger partial charge in [-0.25, -0.2) is 0 Å². The fraction of sp³-hybridized carbons (Fsp3) is 0.0769. The zero-order valence-corrected chi connectivity index (χ0v) is 13.8. The Morgan fingerprint density at radius 1 is 0.958 bits per heavy atom. The average molecular weight is 373 g/mol. The zero-order chi connectivity index (χ0) is 18.0. The first-order valence-corrected chi connectivity index (χ1v) is 9.38. The van der Waals surface area contributed by atoms with Crippen molar-refractivity contribution >= 4 is 37.5 Å². The van der Waals surface area contributed by atoms with Crippen LogP contribution < -0.4 is 15.8 Å². The summed E-state index contributed by atoms with van der Waals surface area (Å²) in [6, 6.07) is 10.1. The van der Waals surface area contributed by atoms with Gasteiger partial charge in [0.2, 0.25) is 0 Å². The van der Waals surface area contributed by atoms with E-state index in [4.69, 9.17) is 10.3 Å². The molecule has 6 N–H and O–H groups in total. The molecule has 0 bridgehead atoms. The van der Waals surface area contributed by atoms with Gasteiger partial charge in [0, 0.05) is 6.54 Å². The van der Waals surface area contributed by atoms with Crippen molar-refractivity contribution in [2.75, 3.05) is 15.8 Å². The van der Waals surface area contributed by atoms with Crippen LogP contribution in [0.15, 0.2) is 47.4 Å². The van der Waals surface area contributed by atoms with Crippen molar-refractivity contribution in [3.05, 3.63) is 48.0 Å². The monoisotopic (exact) mass is 373 g/mol. The standard InChI is InChI=1S/C13H15N3O6S2/c14-11-2-1-3-12(23(17,18)19)13(11)15-8-9-4-6-10(7-5-9)16-24(20,21)22/h1-7,15-16H,8,14H2,(H,17,18,19)(H,20,21,22). The molecule has 0 fully saturated rings. The molecule has 0 radical (unpaired) electrons. The predicted molar refractivity (Wildman–Crippen MR) is 89.6 cm³/mol. The van der Waals surface area contributed by atoms with E-state index in [9.17, 15) is 21.4 Å². The van der Waals surface area contributed by atoms with Crippen LogP contribution in [0.5, 0.6) is 0 Å². The van der Waals surface area contributed by atoms with E-state index < -0.39 is 20.4 Å². The van der Waals surface area contributed by atoms with Gasteiger partial charge in [0.05, 0.1) is 17.1 Å². The van der Waals surface area contributed by atoms with Crippen molar-refractivity contribution in [3.8, 4) is 0 Å². The van der Waals surface area contributed by atoms with E-state index in [-0.39, 0.29) is 28.5 Å². The summed E-state index contributed by atoms with van der Waals surface area (Å²) in [4.78, 5) is -0.341. The van der Waals surface area contributed by atoms with E-state index in [1.807, 2.05) is 4.72 Å². The van der Waals surface area contributed by atoms with E-state index in [0.29, 0.717) is 5.56 Å². The van der Waals surface area contributed by atoms with Gasteiger partial charge < -0.3 is 11.1 Å². The highest BCUT2D eigenvalue weighted by Crippen LogP contribution is 2.28. The highest BCUT2D eigenvalue weighted by molar-refractivity contribution is 7.87. The molecule has 0 unspecified atom stereocenters. The largest absolute Gasteiger partial charge is 0.397 e. The summed E-state index contributed by atoms with van der Waals surface area (Å²) < 4.78 is 63.9. The van der Waals surface area contributed by atoms with Crippen LogP contribution in [0.4, 0.5) is 17.1 Å². The van der Waals surface area contributed by atoms with E-state index >= 15 is 0 Å². The van der Waals surface area contributed by atoms with Gasteiger partial charge >= 0.3 is 10.3 Å². The number of nitrogens with one attached hydrogen (secondary N) is 2. The molecule has 0 heterocycles. The highest BCUT2D eigenvalue weighted by atomic mass is 32.2. The van der Waals surface area contributed by atoms with Gasteiger partial charge in [-0.05, 0) is 29.8 Å².